The molecule has 1 aliphatic rings. The first-order valence-corrected chi connectivity index (χ1v) is 12.5. The van der Waals surface area contributed by atoms with E-state index in [-0.39, 0.29) is 17.7 Å². The molecule has 5 heterocycles. The van der Waals surface area contributed by atoms with Crippen LogP contribution in [0.1, 0.15) is 48.9 Å². The molecule has 0 saturated heterocycles. The lowest BCUT2D eigenvalue weighted by atomic mass is 10.0. The van der Waals surface area contributed by atoms with Crippen molar-refractivity contribution >= 4 is 27.9 Å². The van der Waals surface area contributed by atoms with Crippen molar-refractivity contribution < 1.29 is 4.79 Å². The number of hydrogen-bond acceptors (Lipinski definition) is 8. The lowest BCUT2D eigenvalue weighted by Crippen LogP contribution is -2.26. The fourth-order valence-corrected chi connectivity index (χ4v) is 4.30. The van der Waals surface area contributed by atoms with Crippen molar-refractivity contribution in [2.24, 2.45) is 0 Å². The zero-order valence-electron chi connectivity index (χ0n) is 21.7. The van der Waals surface area contributed by atoms with Crippen molar-refractivity contribution in [3.63, 3.8) is 0 Å². The van der Waals surface area contributed by atoms with Gasteiger partial charge in [-0.3, -0.25) is 24.7 Å². The maximum absolute atomic E-state index is 13.1. The van der Waals surface area contributed by atoms with Crippen molar-refractivity contribution in [2.75, 3.05) is 25.5 Å². The molecule has 4 aromatic rings. The summed E-state index contributed by atoms with van der Waals surface area (Å²) in [5, 5.41) is 5.19. The van der Waals surface area contributed by atoms with Gasteiger partial charge in [0.25, 0.3) is 0 Å². The summed E-state index contributed by atoms with van der Waals surface area (Å²) in [4.78, 5) is 38.0. The van der Waals surface area contributed by atoms with E-state index in [1.54, 1.807) is 37.1 Å². The Balaban J connectivity index is 1.37. The third-order valence-electron chi connectivity index (χ3n) is 6.22. The van der Waals surface area contributed by atoms with Crippen LogP contribution in [-0.2, 0) is 6.42 Å². The minimum absolute atomic E-state index is 0.0186. The van der Waals surface area contributed by atoms with Gasteiger partial charge in [-0.15, -0.1) is 0 Å². The minimum Gasteiger partial charge on any atom is -0.364 e. The number of fused-ring (bicyclic) bond motifs is 1. The first-order chi connectivity index (χ1) is 17.7. The summed E-state index contributed by atoms with van der Waals surface area (Å²) in [7, 11) is 2.10. The number of carbonyl (C=O) groups is 1. The number of Topliss-reactive ketones (excluding diaryl/α,β-unsaturated/α-hetero) is 1. The van der Waals surface area contributed by atoms with Crippen LogP contribution < -0.4 is 5.32 Å². The van der Waals surface area contributed by atoms with Gasteiger partial charge in [-0.05, 0) is 69.5 Å². The number of likely N-dealkylation sites (N-methyl/N-ethyl adjacent to an activating group) is 1. The molecule has 5 rings (SSSR count). The average Bonchev–Trinajstić information content (AvgIpc) is 2.88. The zero-order valence-corrected chi connectivity index (χ0v) is 21.7. The van der Waals surface area contributed by atoms with Gasteiger partial charge < -0.3 is 10.2 Å². The molecule has 4 aromatic heterocycles. The van der Waals surface area contributed by atoms with Crippen LogP contribution in [0.3, 0.4) is 0 Å². The highest BCUT2D eigenvalue weighted by atomic mass is 16.1. The Kier molecular flexibility index (Phi) is 6.76. The molecule has 0 aromatic carbocycles. The molecule has 0 radical (unpaired) electrons. The molecular formula is C29H31N7O. The van der Waals surface area contributed by atoms with Gasteiger partial charge in [-0.1, -0.05) is 6.08 Å². The van der Waals surface area contributed by atoms with Gasteiger partial charge in [-0.2, -0.15) is 0 Å². The van der Waals surface area contributed by atoms with E-state index in [9.17, 15) is 4.79 Å². The molecule has 0 bridgehead atoms. The SMILES string of the molecule is CN1CC=C(c2cc(C(=O)Cc3cc4cc(-c5cncc(NC(C)(C)C)n5)ncc4cn3)ccn2)CC1. The van der Waals surface area contributed by atoms with Crippen LogP contribution in [0.4, 0.5) is 5.82 Å². The van der Waals surface area contributed by atoms with E-state index in [2.05, 4.69) is 69.0 Å². The third-order valence-corrected chi connectivity index (χ3v) is 6.22. The molecule has 0 fully saturated rings. The van der Waals surface area contributed by atoms with Crippen molar-refractivity contribution in [1.82, 2.24) is 29.8 Å². The Bertz CT molecular complexity index is 1490. The molecule has 8 heteroatoms. The summed E-state index contributed by atoms with van der Waals surface area (Å²) < 4.78 is 0. The van der Waals surface area contributed by atoms with Gasteiger partial charge in [0.15, 0.2) is 5.78 Å². The van der Waals surface area contributed by atoms with E-state index in [1.165, 1.54) is 5.57 Å². The second-order valence-corrected chi connectivity index (χ2v) is 10.5. The minimum atomic E-state index is -0.128. The number of nitrogens with one attached hydrogen (secondary N) is 1. The normalized spacial score (nSPS) is 14.4. The third kappa shape index (κ3) is 6.03. The molecule has 37 heavy (non-hydrogen) atoms. The first-order valence-electron chi connectivity index (χ1n) is 12.5. The average molecular weight is 494 g/mol. The zero-order chi connectivity index (χ0) is 26.0. The Morgan fingerprint density at radius 2 is 1.81 bits per heavy atom. The van der Waals surface area contributed by atoms with Crippen LogP contribution in [0, 0.1) is 0 Å². The summed E-state index contributed by atoms with van der Waals surface area (Å²) in [5.41, 5.74) is 4.70. The molecule has 1 N–H and O–H groups in total. The van der Waals surface area contributed by atoms with E-state index < -0.39 is 0 Å². The van der Waals surface area contributed by atoms with Crippen molar-refractivity contribution in [2.45, 2.75) is 39.2 Å². The molecule has 1 aliphatic heterocycles. The predicted molar refractivity (Wildman–Crippen MR) is 146 cm³/mol. The highest BCUT2D eigenvalue weighted by Crippen LogP contribution is 2.24. The molecule has 0 amide bonds. The van der Waals surface area contributed by atoms with Gasteiger partial charge in [0.05, 0.1) is 30.2 Å². The predicted octanol–water partition coefficient (Wildman–Crippen LogP) is 4.84. The standard InChI is InChI=1S/C29H31N7O/c1-29(2,3)35-28-18-30-17-26(34-28)25-13-21-11-23(32-15-22(21)16-33-25)14-27(37)20-5-8-31-24(12-20)19-6-9-36(4)10-7-19/h5-6,8,11-13,15-18H,7,9-10,14H2,1-4H3,(H,34,35). The Morgan fingerprint density at radius 1 is 0.973 bits per heavy atom. The number of nitrogens with zero attached hydrogens (tertiary/aromatic N) is 6. The maximum atomic E-state index is 13.1. The van der Waals surface area contributed by atoms with Crippen LogP contribution in [0.5, 0.6) is 0 Å². The van der Waals surface area contributed by atoms with Crippen molar-refractivity contribution in [3.8, 4) is 11.4 Å². The van der Waals surface area contributed by atoms with Gasteiger partial charge in [0, 0.05) is 53.9 Å². The van der Waals surface area contributed by atoms with Crippen LogP contribution in [0.15, 0.2) is 61.3 Å². The number of hydrogen-bond donors (Lipinski definition) is 1. The van der Waals surface area contributed by atoms with E-state index in [0.717, 1.165) is 36.0 Å². The molecule has 0 aliphatic carbocycles. The summed E-state index contributed by atoms with van der Waals surface area (Å²) in [6.45, 7) is 8.11. The Hall–Kier alpha value is -4.04. The molecule has 0 saturated carbocycles. The van der Waals surface area contributed by atoms with Gasteiger partial charge in [-0.25, -0.2) is 4.98 Å². The molecule has 0 spiro atoms. The van der Waals surface area contributed by atoms with E-state index in [1.807, 2.05) is 18.2 Å². The maximum Gasteiger partial charge on any atom is 0.168 e. The summed E-state index contributed by atoms with van der Waals surface area (Å²) >= 11 is 0. The number of pyridine rings is 3. The molecular weight excluding hydrogens is 462 g/mol. The summed E-state index contributed by atoms with van der Waals surface area (Å²) in [5.74, 6) is 0.714. The summed E-state index contributed by atoms with van der Waals surface area (Å²) in [6.07, 6.45) is 12.0. The number of carbonyl (C=O) groups excluding carboxylic acids is 1. The number of anilines is 1. The van der Waals surface area contributed by atoms with Gasteiger partial charge in [0.2, 0.25) is 0 Å². The van der Waals surface area contributed by atoms with Crippen LogP contribution in [-0.4, -0.2) is 61.3 Å². The van der Waals surface area contributed by atoms with Crippen LogP contribution in [0.2, 0.25) is 0 Å². The monoisotopic (exact) mass is 493 g/mol. The highest BCUT2D eigenvalue weighted by molar-refractivity contribution is 5.98. The quantitative estimate of drug-likeness (QED) is 0.381. The van der Waals surface area contributed by atoms with Gasteiger partial charge in [0.1, 0.15) is 11.5 Å². The van der Waals surface area contributed by atoms with Crippen molar-refractivity contribution in [3.05, 3.63) is 78.3 Å². The van der Waals surface area contributed by atoms with Crippen LogP contribution >= 0.6 is 0 Å². The first kappa shape index (κ1) is 24.6. The number of aromatic nitrogens is 5. The van der Waals surface area contributed by atoms with E-state index in [4.69, 9.17) is 0 Å². The molecule has 0 unspecified atom stereocenters. The smallest absolute Gasteiger partial charge is 0.168 e. The largest absolute Gasteiger partial charge is 0.364 e. The highest BCUT2D eigenvalue weighted by Gasteiger charge is 2.15. The second-order valence-electron chi connectivity index (χ2n) is 10.5. The van der Waals surface area contributed by atoms with Crippen LogP contribution in [0.25, 0.3) is 27.7 Å². The Labute approximate surface area is 216 Å². The number of rotatable bonds is 6. The fourth-order valence-electron chi connectivity index (χ4n) is 4.30. The van der Waals surface area contributed by atoms with E-state index >= 15 is 0 Å². The molecule has 0 atom stereocenters. The van der Waals surface area contributed by atoms with Crippen molar-refractivity contribution in [1.29, 1.82) is 0 Å². The molecule has 8 nitrogen and oxygen atoms in total. The fraction of sp³-hybridized carbons (Fsp3) is 0.310. The van der Waals surface area contributed by atoms with E-state index in [0.29, 0.717) is 28.5 Å². The lowest BCUT2D eigenvalue weighted by Gasteiger charge is -2.21. The second kappa shape index (κ2) is 10.1. The van der Waals surface area contributed by atoms with Gasteiger partial charge >= 0.3 is 0 Å². The lowest BCUT2D eigenvalue weighted by molar-refractivity contribution is 0.0992. The number of ketones is 1. The topological polar surface area (TPSA) is 96.8 Å². The molecule has 188 valence electrons. The Morgan fingerprint density at radius 3 is 2.59 bits per heavy atom. The summed E-state index contributed by atoms with van der Waals surface area (Å²) in [6, 6.07) is 7.60.